The molecule has 2 aromatic rings. The number of hydrogen-bond donors (Lipinski definition) is 1. The number of aromatic amines is 1. The van der Waals surface area contributed by atoms with Crippen molar-refractivity contribution in [2.24, 2.45) is 5.92 Å². The Balaban J connectivity index is 1.59. The molecule has 1 atom stereocenters. The van der Waals surface area contributed by atoms with E-state index in [0.717, 1.165) is 61.3 Å². The van der Waals surface area contributed by atoms with E-state index in [1.54, 1.807) is 12.1 Å². The molecule has 1 aromatic heterocycles. The Morgan fingerprint density at radius 1 is 1.28 bits per heavy atom. The Kier molecular flexibility index (Phi) is 5.69. The van der Waals surface area contributed by atoms with Crippen LogP contribution < -0.4 is 5.43 Å². The molecule has 1 N–H and O–H groups in total. The van der Waals surface area contributed by atoms with E-state index < -0.39 is 0 Å². The van der Waals surface area contributed by atoms with E-state index in [2.05, 4.69) is 9.88 Å². The Morgan fingerprint density at radius 2 is 2.08 bits per heavy atom. The van der Waals surface area contributed by atoms with Crippen LogP contribution in [0, 0.1) is 25.6 Å². The van der Waals surface area contributed by atoms with E-state index in [1.807, 2.05) is 32.2 Å². The Hall–Kier alpha value is -1.94. The van der Waals surface area contributed by atoms with Gasteiger partial charge in [0.05, 0.1) is 0 Å². The van der Waals surface area contributed by atoms with Gasteiger partial charge in [-0.25, -0.2) is 4.39 Å². The van der Waals surface area contributed by atoms with Crippen LogP contribution in [0.4, 0.5) is 4.39 Å². The summed E-state index contributed by atoms with van der Waals surface area (Å²) >= 11 is 0. The lowest BCUT2D eigenvalue weighted by Crippen LogP contribution is -2.36. The summed E-state index contributed by atoms with van der Waals surface area (Å²) in [7, 11) is 0. The number of likely N-dealkylation sites (tertiary alicyclic amines) is 1. The van der Waals surface area contributed by atoms with Crippen molar-refractivity contribution in [1.29, 1.82) is 0 Å². The lowest BCUT2D eigenvalue weighted by molar-refractivity contribution is 0.160. The first-order chi connectivity index (χ1) is 12.0. The van der Waals surface area contributed by atoms with E-state index in [0.29, 0.717) is 5.92 Å². The molecule has 134 valence electrons. The molecular weight excluding hydrogens is 315 g/mol. The average Bonchev–Trinajstić information content (AvgIpc) is 2.62. The van der Waals surface area contributed by atoms with Crippen molar-refractivity contribution in [3.63, 3.8) is 0 Å². The van der Waals surface area contributed by atoms with Crippen LogP contribution in [0.15, 0.2) is 35.3 Å². The van der Waals surface area contributed by atoms with Gasteiger partial charge in [-0.2, -0.15) is 0 Å². The molecule has 1 aliphatic heterocycles. The minimum absolute atomic E-state index is 0.0944. The third kappa shape index (κ3) is 4.37. The largest absolute Gasteiger partial charge is 0.363 e. The molecule has 0 spiro atoms. The molecule has 2 heterocycles. The molecule has 1 aromatic carbocycles. The molecule has 0 amide bonds. The maximum absolute atomic E-state index is 13.8. The summed E-state index contributed by atoms with van der Waals surface area (Å²) < 4.78 is 13.8. The van der Waals surface area contributed by atoms with Gasteiger partial charge < -0.3 is 4.98 Å². The van der Waals surface area contributed by atoms with Gasteiger partial charge in [0.25, 0.3) is 0 Å². The number of halogens is 1. The highest BCUT2D eigenvalue weighted by atomic mass is 19.1. The fraction of sp³-hybridized carbons (Fsp3) is 0.476. The van der Waals surface area contributed by atoms with Gasteiger partial charge in [-0.05, 0) is 63.6 Å². The summed E-state index contributed by atoms with van der Waals surface area (Å²) in [6, 6.07) is 7.07. The van der Waals surface area contributed by atoms with Gasteiger partial charge in [0.2, 0.25) is 0 Å². The van der Waals surface area contributed by atoms with Crippen LogP contribution >= 0.6 is 0 Å². The smallest absolute Gasteiger partial charge is 0.187 e. The Bertz CT molecular complexity index is 784. The molecule has 1 fully saturated rings. The lowest BCUT2D eigenvalue weighted by Gasteiger charge is -2.33. The van der Waals surface area contributed by atoms with Gasteiger partial charge in [-0.1, -0.05) is 18.2 Å². The number of rotatable bonds is 5. The van der Waals surface area contributed by atoms with Gasteiger partial charge in [-0.3, -0.25) is 9.69 Å². The van der Waals surface area contributed by atoms with Crippen LogP contribution in [0.1, 0.15) is 41.6 Å². The molecule has 3 rings (SSSR count). The number of benzene rings is 1. The lowest BCUT2D eigenvalue weighted by atomic mass is 9.91. The molecule has 0 aliphatic carbocycles. The van der Waals surface area contributed by atoms with E-state index in [4.69, 9.17) is 0 Å². The van der Waals surface area contributed by atoms with Gasteiger partial charge in [0, 0.05) is 36.1 Å². The second-order valence-electron chi connectivity index (χ2n) is 7.28. The summed E-state index contributed by atoms with van der Waals surface area (Å²) in [5, 5.41) is 0. The number of piperidine rings is 1. The first-order valence-corrected chi connectivity index (χ1v) is 9.18. The number of pyridine rings is 1. The fourth-order valence-electron chi connectivity index (χ4n) is 3.78. The number of hydrogen-bond acceptors (Lipinski definition) is 2. The highest BCUT2D eigenvalue weighted by Gasteiger charge is 2.21. The average molecular weight is 342 g/mol. The summed E-state index contributed by atoms with van der Waals surface area (Å²) in [6.07, 6.45) is 5.99. The third-order valence-corrected chi connectivity index (χ3v) is 5.38. The first kappa shape index (κ1) is 17.9. The van der Waals surface area contributed by atoms with Crippen LogP contribution in [0.3, 0.4) is 0 Å². The minimum atomic E-state index is -0.0944. The zero-order chi connectivity index (χ0) is 17.8. The summed E-state index contributed by atoms with van der Waals surface area (Å²) in [5.41, 5.74) is 3.57. The van der Waals surface area contributed by atoms with Gasteiger partial charge >= 0.3 is 0 Å². The normalized spacial score (nSPS) is 18.4. The fourth-order valence-corrected chi connectivity index (χ4v) is 3.78. The number of nitrogens with zero attached hydrogens (tertiary/aromatic N) is 1. The second-order valence-corrected chi connectivity index (χ2v) is 7.28. The molecule has 3 nitrogen and oxygen atoms in total. The van der Waals surface area contributed by atoms with Crippen LogP contribution in [-0.2, 0) is 13.0 Å². The molecule has 0 radical (unpaired) electrons. The van der Waals surface area contributed by atoms with Crippen molar-refractivity contribution < 1.29 is 4.39 Å². The number of H-pyrrole nitrogens is 1. The molecule has 1 saturated heterocycles. The van der Waals surface area contributed by atoms with Crippen molar-refractivity contribution in [2.45, 2.75) is 46.1 Å². The first-order valence-electron chi connectivity index (χ1n) is 9.18. The van der Waals surface area contributed by atoms with Crippen molar-refractivity contribution in [3.05, 3.63) is 68.9 Å². The van der Waals surface area contributed by atoms with Gasteiger partial charge in [0.15, 0.2) is 5.43 Å². The molecule has 0 saturated carbocycles. The van der Waals surface area contributed by atoms with Gasteiger partial charge in [0.1, 0.15) is 5.82 Å². The molecule has 4 heteroatoms. The predicted octanol–water partition coefficient (Wildman–Crippen LogP) is 3.98. The maximum atomic E-state index is 13.8. The van der Waals surface area contributed by atoms with Crippen molar-refractivity contribution in [3.8, 4) is 0 Å². The minimum Gasteiger partial charge on any atom is -0.363 e. The second kappa shape index (κ2) is 7.96. The zero-order valence-corrected chi connectivity index (χ0v) is 15.1. The molecule has 1 aliphatic rings. The molecular formula is C21H27FN2O. The maximum Gasteiger partial charge on any atom is 0.187 e. The summed E-state index contributed by atoms with van der Waals surface area (Å²) in [5.74, 6) is 0.494. The summed E-state index contributed by atoms with van der Waals surface area (Å²) in [6.45, 7) is 6.61. The third-order valence-electron chi connectivity index (χ3n) is 5.38. The van der Waals surface area contributed by atoms with E-state index in [-0.39, 0.29) is 11.2 Å². The summed E-state index contributed by atoms with van der Waals surface area (Å²) in [4.78, 5) is 17.8. The Morgan fingerprint density at radius 3 is 2.88 bits per heavy atom. The van der Waals surface area contributed by atoms with Crippen LogP contribution in [0.25, 0.3) is 0 Å². The quantitative estimate of drug-likeness (QED) is 0.892. The SMILES string of the molecule is Cc1c[nH]c(CN2CCCC(CCc3ccccc3F)C2)c(C)c1=O. The van der Waals surface area contributed by atoms with Crippen molar-refractivity contribution in [2.75, 3.05) is 13.1 Å². The van der Waals surface area contributed by atoms with E-state index in [9.17, 15) is 9.18 Å². The number of aryl methyl sites for hydroxylation is 2. The molecule has 1 unspecified atom stereocenters. The Labute approximate surface area is 148 Å². The zero-order valence-electron chi connectivity index (χ0n) is 15.1. The topological polar surface area (TPSA) is 36.1 Å². The van der Waals surface area contributed by atoms with Crippen molar-refractivity contribution >= 4 is 0 Å². The van der Waals surface area contributed by atoms with Crippen molar-refractivity contribution in [1.82, 2.24) is 9.88 Å². The highest BCUT2D eigenvalue weighted by molar-refractivity contribution is 5.23. The van der Waals surface area contributed by atoms with Crippen LogP contribution in [0.5, 0.6) is 0 Å². The van der Waals surface area contributed by atoms with E-state index >= 15 is 0 Å². The van der Waals surface area contributed by atoms with Crippen LogP contribution in [-0.4, -0.2) is 23.0 Å². The monoisotopic (exact) mass is 342 g/mol. The van der Waals surface area contributed by atoms with E-state index in [1.165, 1.54) is 6.42 Å². The molecule has 25 heavy (non-hydrogen) atoms. The number of nitrogens with one attached hydrogen (secondary N) is 1. The standard InChI is InChI=1S/C21H27FN2O/c1-15-12-23-20(16(2)21(15)25)14-24-11-5-6-17(13-24)9-10-18-7-3-4-8-19(18)22/h3-4,7-8,12,17H,5-6,9-11,13-14H2,1-2H3,(H,23,25). The van der Waals surface area contributed by atoms with Crippen LogP contribution in [0.2, 0.25) is 0 Å². The molecule has 0 bridgehead atoms. The predicted molar refractivity (Wildman–Crippen MR) is 99.3 cm³/mol. The number of aromatic nitrogens is 1. The highest BCUT2D eigenvalue weighted by Crippen LogP contribution is 2.23. The van der Waals surface area contributed by atoms with Gasteiger partial charge in [-0.15, -0.1) is 0 Å².